The lowest BCUT2D eigenvalue weighted by atomic mass is 10.1. The standard InChI is InChI=1S/C19H23NO3/c1-5-18(23-16-10-8-15(22-4)9-11-16)19(21)20-17-12-13(2)6-7-14(17)3/h6-12,18H,5H2,1-4H3,(H,20,21)/t18-/m0/s1. The second-order valence-corrected chi connectivity index (χ2v) is 5.50. The number of carbonyl (C=O) groups excluding carboxylic acids is 1. The average Bonchev–Trinajstić information content (AvgIpc) is 2.56. The van der Waals surface area contributed by atoms with Crippen molar-refractivity contribution in [2.75, 3.05) is 12.4 Å². The Morgan fingerprint density at radius 1 is 1.09 bits per heavy atom. The van der Waals surface area contributed by atoms with E-state index in [2.05, 4.69) is 5.32 Å². The van der Waals surface area contributed by atoms with Crippen molar-refractivity contribution in [2.24, 2.45) is 0 Å². The van der Waals surface area contributed by atoms with E-state index in [-0.39, 0.29) is 5.91 Å². The molecule has 1 N–H and O–H groups in total. The molecule has 0 saturated carbocycles. The second-order valence-electron chi connectivity index (χ2n) is 5.50. The van der Waals surface area contributed by atoms with Crippen LogP contribution in [0.5, 0.6) is 11.5 Å². The van der Waals surface area contributed by atoms with Crippen LogP contribution in [0.25, 0.3) is 0 Å². The molecule has 0 aliphatic rings. The molecule has 4 heteroatoms. The molecule has 0 unspecified atom stereocenters. The van der Waals surface area contributed by atoms with E-state index in [0.717, 1.165) is 22.6 Å². The average molecular weight is 313 g/mol. The molecule has 0 spiro atoms. The molecule has 0 aliphatic carbocycles. The Morgan fingerprint density at radius 2 is 1.74 bits per heavy atom. The van der Waals surface area contributed by atoms with Gasteiger partial charge in [-0.05, 0) is 61.7 Å². The molecule has 0 aromatic heterocycles. The van der Waals surface area contributed by atoms with Gasteiger partial charge in [0.15, 0.2) is 6.10 Å². The van der Waals surface area contributed by atoms with Crippen molar-refractivity contribution < 1.29 is 14.3 Å². The fraction of sp³-hybridized carbons (Fsp3) is 0.316. The van der Waals surface area contributed by atoms with Crippen LogP contribution in [0.3, 0.4) is 0 Å². The Labute approximate surface area is 137 Å². The SMILES string of the molecule is CC[C@H](Oc1ccc(OC)cc1)C(=O)Nc1cc(C)ccc1C. The summed E-state index contributed by atoms with van der Waals surface area (Å²) in [4.78, 5) is 12.5. The molecule has 0 radical (unpaired) electrons. The topological polar surface area (TPSA) is 47.6 Å². The summed E-state index contributed by atoms with van der Waals surface area (Å²) < 4.78 is 10.9. The predicted octanol–water partition coefficient (Wildman–Crippen LogP) is 4.11. The molecule has 0 fully saturated rings. The van der Waals surface area contributed by atoms with E-state index in [0.29, 0.717) is 12.2 Å². The van der Waals surface area contributed by atoms with E-state index in [1.165, 1.54) is 0 Å². The molecule has 23 heavy (non-hydrogen) atoms. The number of nitrogens with one attached hydrogen (secondary N) is 1. The normalized spacial score (nSPS) is 11.7. The van der Waals surface area contributed by atoms with Gasteiger partial charge in [-0.3, -0.25) is 4.79 Å². The molecule has 0 aliphatic heterocycles. The lowest BCUT2D eigenvalue weighted by Gasteiger charge is -2.18. The fourth-order valence-corrected chi connectivity index (χ4v) is 2.22. The van der Waals surface area contributed by atoms with Crippen molar-refractivity contribution in [3.8, 4) is 11.5 Å². The number of carbonyl (C=O) groups is 1. The van der Waals surface area contributed by atoms with Crippen LogP contribution in [0.4, 0.5) is 5.69 Å². The maximum Gasteiger partial charge on any atom is 0.265 e. The molecular formula is C19H23NO3. The number of aryl methyl sites for hydroxylation is 2. The van der Waals surface area contributed by atoms with Crippen LogP contribution in [0.1, 0.15) is 24.5 Å². The Hall–Kier alpha value is -2.49. The Morgan fingerprint density at radius 3 is 2.35 bits per heavy atom. The van der Waals surface area contributed by atoms with E-state index < -0.39 is 6.10 Å². The molecular weight excluding hydrogens is 290 g/mol. The maximum atomic E-state index is 12.5. The van der Waals surface area contributed by atoms with Crippen LogP contribution in [-0.4, -0.2) is 19.1 Å². The minimum atomic E-state index is -0.539. The first kappa shape index (κ1) is 16.9. The highest BCUT2D eigenvalue weighted by atomic mass is 16.5. The summed E-state index contributed by atoms with van der Waals surface area (Å²) >= 11 is 0. The number of hydrogen-bond donors (Lipinski definition) is 1. The molecule has 4 nitrogen and oxygen atoms in total. The van der Waals surface area contributed by atoms with E-state index in [1.54, 1.807) is 19.2 Å². The third kappa shape index (κ3) is 4.49. The highest BCUT2D eigenvalue weighted by molar-refractivity contribution is 5.95. The molecule has 2 aromatic rings. The van der Waals surface area contributed by atoms with Gasteiger partial charge in [0, 0.05) is 5.69 Å². The van der Waals surface area contributed by atoms with Gasteiger partial charge in [-0.25, -0.2) is 0 Å². The predicted molar refractivity (Wildman–Crippen MR) is 92.2 cm³/mol. The number of amides is 1. The largest absolute Gasteiger partial charge is 0.497 e. The lowest BCUT2D eigenvalue weighted by molar-refractivity contribution is -0.122. The number of benzene rings is 2. The van der Waals surface area contributed by atoms with Crippen molar-refractivity contribution in [1.82, 2.24) is 0 Å². The molecule has 0 heterocycles. The van der Waals surface area contributed by atoms with Gasteiger partial charge in [-0.2, -0.15) is 0 Å². The first-order chi connectivity index (χ1) is 11.0. The van der Waals surface area contributed by atoms with Crippen LogP contribution in [-0.2, 0) is 4.79 Å². The highest BCUT2D eigenvalue weighted by Gasteiger charge is 2.19. The first-order valence-electron chi connectivity index (χ1n) is 7.72. The first-order valence-corrected chi connectivity index (χ1v) is 7.72. The van der Waals surface area contributed by atoms with Crippen molar-refractivity contribution >= 4 is 11.6 Å². The van der Waals surface area contributed by atoms with Gasteiger partial charge in [0.25, 0.3) is 5.91 Å². The molecule has 1 amide bonds. The van der Waals surface area contributed by atoms with Crippen LogP contribution < -0.4 is 14.8 Å². The summed E-state index contributed by atoms with van der Waals surface area (Å²) in [5, 5.41) is 2.96. The Kier molecular flexibility index (Phi) is 5.63. The number of methoxy groups -OCH3 is 1. The van der Waals surface area contributed by atoms with Crippen LogP contribution >= 0.6 is 0 Å². The Bertz CT molecular complexity index is 665. The monoisotopic (exact) mass is 313 g/mol. The van der Waals surface area contributed by atoms with Gasteiger partial charge in [-0.15, -0.1) is 0 Å². The van der Waals surface area contributed by atoms with Gasteiger partial charge >= 0.3 is 0 Å². The second kappa shape index (κ2) is 7.68. The molecule has 2 aromatic carbocycles. The zero-order valence-corrected chi connectivity index (χ0v) is 14.1. The number of hydrogen-bond acceptors (Lipinski definition) is 3. The van der Waals surface area contributed by atoms with Crippen molar-refractivity contribution in [2.45, 2.75) is 33.3 Å². The van der Waals surface area contributed by atoms with Gasteiger partial charge in [0.2, 0.25) is 0 Å². The molecule has 0 saturated heterocycles. The summed E-state index contributed by atoms with van der Waals surface area (Å²) in [7, 11) is 1.61. The smallest absolute Gasteiger partial charge is 0.265 e. The van der Waals surface area contributed by atoms with Gasteiger partial charge in [0.1, 0.15) is 11.5 Å². The lowest BCUT2D eigenvalue weighted by Crippen LogP contribution is -2.32. The zero-order chi connectivity index (χ0) is 16.8. The summed E-state index contributed by atoms with van der Waals surface area (Å²) in [6.07, 6.45) is 0.0474. The van der Waals surface area contributed by atoms with Crippen LogP contribution in [0.15, 0.2) is 42.5 Å². The minimum Gasteiger partial charge on any atom is -0.497 e. The Balaban J connectivity index is 2.07. The fourth-order valence-electron chi connectivity index (χ4n) is 2.22. The van der Waals surface area contributed by atoms with Crippen molar-refractivity contribution in [1.29, 1.82) is 0 Å². The quantitative estimate of drug-likeness (QED) is 0.873. The van der Waals surface area contributed by atoms with E-state index in [1.807, 2.05) is 51.1 Å². The molecule has 2 rings (SSSR count). The van der Waals surface area contributed by atoms with Crippen molar-refractivity contribution in [3.05, 3.63) is 53.6 Å². The van der Waals surface area contributed by atoms with E-state index in [9.17, 15) is 4.79 Å². The number of anilines is 1. The van der Waals surface area contributed by atoms with Crippen LogP contribution in [0, 0.1) is 13.8 Å². The van der Waals surface area contributed by atoms with E-state index in [4.69, 9.17) is 9.47 Å². The summed E-state index contributed by atoms with van der Waals surface area (Å²) in [6, 6.07) is 13.2. The zero-order valence-electron chi connectivity index (χ0n) is 14.1. The van der Waals surface area contributed by atoms with Gasteiger partial charge < -0.3 is 14.8 Å². The van der Waals surface area contributed by atoms with Crippen molar-refractivity contribution in [3.63, 3.8) is 0 Å². The van der Waals surface area contributed by atoms with E-state index >= 15 is 0 Å². The molecule has 1 atom stereocenters. The minimum absolute atomic E-state index is 0.142. The third-order valence-corrected chi connectivity index (χ3v) is 3.65. The third-order valence-electron chi connectivity index (χ3n) is 3.65. The van der Waals surface area contributed by atoms with Gasteiger partial charge in [-0.1, -0.05) is 19.1 Å². The molecule has 0 bridgehead atoms. The summed E-state index contributed by atoms with van der Waals surface area (Å²) in [5.74, 6) is 1.26. The molecule has 122 valence electrons. The van der Waals surface area contributed by atoms with Crippen LogP contribution in [0.2, 0.25) is 0 Å². The summed E-state index contributed by atoms with van der Waals surface area (Å²) in [6.45, 7) is 5.90. The van der Waals surface area contributed by atoms with Gasteiger partial charge in [0.05, 0.1) is 7.11 Å². The number of rotatable bonds is 6. The summed E-state index contributed by atoms with van der Waals surface area (Å²) in [5.41, 5.74) is 2.96. The number of ether oxygens (including phenoxy) is 2. The highest BCUT2D eigenvalue weighted by Crippen LogP contribution is 2.21. The maximum absolute atomic E-state index is 12.5.